The predicted molar refractivity (Wildman–Crippen MR) is 101 cm³/mol. The van der Waals surface area contributed by atoms with Crippen LogP contribution in [0.3, 0.4) is 0 Å². The monoisotopic (exact) mass is 366 g/mol. The summed E-state index contributed by atoms with van der Waals surface area (Å²) in [5.74, 6) is -0.0618. The Morgan fingerprint density at radius 2 is 1.62 bits per heavy atom. The number of carbonyl (C=O) groups excluding carboxylic acids is 2. The minimum atomic E-state index is -0.358. The first-order chi connectivity index (χ1) is 12.5. The van der Waals surface area contributed by atoms with Crippen molar-refractivity contribution in [3.63, 3.8) is 0 Å². The minimum absolute atomic E-state index is 0.0675. The Balaban J connectivity index is 1.68. The van der Waals surface area contributed by atoms with E-state index in [-0.39, 0.29) is 11.7 Å². The molecule has 0 fully saturated rings. The quantitative estimate of drug-likeness (QED) is 0.656. The van der Waals surface area contributed by atoms with Gasteiger partial charge in [0.2, 0.25) is 5.95 Å². The van der Waals surface area contributed by atoms with Crippen LogP contribution in [0.4, 0.5) is 17.3 Å². The van der Waals surface area contributed by atoms with Gasteiger partial charge in [0.05, 0.1) is 5.56 Å². The third kappa shape index (κ3) is 4.43. The molecule has 6 nitrogen and oxygen atoms in total. The van der Waals surface area contributed by atoms with Crippen molar-refractivity contribution in [2.24, 2.45) is 0 Å². The normalized spacial score (nSPS) is 10.2. The van der Waals surface area contributed by atoms with Crippen molar-refractivity contribution in [2.75, 3.05) is 10.6 Å². The summed E-state index contributed by atoms with van der Waals surface area (Å²) < 4.78 is 0. The van der Waals surface area contributed by atoms with Crippen LogP contribution in [0.1, 0.15) is 27.6 Å². The van der Waals surface area contributed by atoms with Crippen molar-refractivity contribution in [3.05, 3.63) is 77.1 Å². The van der Waals surface area contributed by atoms with Crippen molar-refractivity contribution in [1.29, 1.82) is 0 Å². The molecule has 130 valence electrons. The molecule has 0 unspecified atom stereocenters. The van der Waals surface area contributed by atoms with Crippen LogP contribution in [0.2, 0.25) is 5.02 Å². The fourth-order valence-electron chi connectivity index (χ4n) is 2.19. The molecular weight excluding hydrogens is 352 g/mol. The van der Waals surface area contributed by atoms with Crippen molar-refractivity contribution in [2.45, 2.75) is 6.92 Å². The molecule has 1 aromatic heterocycles. The lowest BCUT2D eigenvalue weighted by atomic mass is 10.1. The summed E-state index contributed by atoms with van der Waals surface area (Å²) in [5.41, 5.74) is 2.15. The lowest BCUT2D eigenvalue weighted by molar-refractivity contribution is 0.101. The number of halogens is 1. The highest BCUT2D eigenvalue weighted by Gasteiger charge is 2.09. The van der Waals surface area contributed by atoms with E-state index in [2.05, 4.69) is 20.6 Å². The molecule has 0 aliphatic heterocycles. The third-order valence-corrected chi connectivity index (χ3v) is 3.79. The van der Waals surface area contributed by atoms with Crippen LogP contribution in [0.15, 0.2) is 60.9 Å². The molecular formula is C19H15ClN4O2. The molecule has 26 heavy (non-hydrogen) atoms. The number of hydrogen-bond donors (Lipinski definition) is 2. The third-order valence-electron chi connectivity index (χ3n) is 3.54. The van der Waals surface area contributed by atoms with Gasteiger partial charge < -0.3 is 10.6 Å². The van der Waals surface area contributed by atoms with Crippen molar-refractivity contribution >= 4 is 40.6 Å². The molecule has 3 aromatic rings. The van der Waals surface area contributed by atoms with Gasteiger partial charge in [0.15, 0.2) is 5.78 Å². The van der Waals surface area contributed by atoms with Gasteiger partial charge in [0, 0.05) is 34.4 Å². The standard InChI is InChI=1S/C19H15ClN4O2/c1-12(25)13-3-2-4-17(9-13)23-18(26)14-10-21-19(22-11-14)24-16-7-5-15(20)6-8-16/h2-11H,1H3,(H,23,26)(H,21,22,24). The smallest absolute Gasteiger partial charge is 0.258 e. The maximum Gasteiger partial charge on any atom is 0.258 e. The number of hydrogen-bond acceptors (Lipinski definition) is 5. The summed E-state index contributed by atoms with van der Waals surface area (Å²) in [6.45, 7) is 1.47. The average molecular weight is 367 g/mol. The van der Waals surface area contributed by atoms with Gasteiger partial charge in [-0.15, -0.1) is 0 Å². The van der Waals surface area contributed by atoms with Crippen LogP contribution in [-0.4, -0.2) is 21.7 Å². The molecule has 0 spiro atoms. The van der Waals surface area contributed by atoms with Gasteiger partial charge in [-0.05, 0) is 43.3 Å². The number of nitrogens with zero attached hydrogens (tertiary/aromatic N) is 2. The van der Waals surface area contributed by atoms with E-state index in [0.717, 1.165) is 5.69 Å². The lowest BCUT2D eigenvalue weighted by Gasteiger charge is -2.07. The molecule has 1 heterocycles. The second kappa shape index (κ2) is 7.76. The fourth-order valence-corrected chi connectivity index (χ4v) is 2.32. The molecule has 3 rings (SSSR count). The fraction of sp³-hybridized carbons (Fsp3) is 0.0526. The largest absolute Gasteiger partial charge is 0.324 e. The Morgan fingerprint density at radius 1 is 0.923 bits per heavy atom. The zero-order chi connectivity index (χ0) is 18.5. The first kappa shape index (κ1) is 17.6. The van der Waals surface area contributed by atoms with Crippen molar-refractivity contribution in [1.82, 2.24) is 9.97 Å². The second-order valence-corrected chi connectivity index (χ2v) is 5.95. The lowest BCUT2D eigenvalue weighted by Crippen LogP contribution is -2.13. The van der Waals surface area contributed by atoms with Crippen molar-refractivity contribution < 1.29 is 9.59 Å². The van der Waals surface area contributed by atoms with E-state index in [1.165, 1.54) is 19.3 Å². The topological polar surface area (TPSA) is 84.0 Å². The molecule has 0 radical (unpaired) electrons. The predicted octanol–water partition coefficient (Wildman–Crippen LogP) is 4.33. The number of amides is 1. The Labute approximate surface area is 155 Å². The summed E-state index contributed by atoms with van der Waals surface area (Å²) in [5, 5.41) is 6.38. The Bertz CT molecular complexity index is 941. The summed E-state index contributed by atoms with van der Waals surface area (Å²) in [6.07, 6.45) is 2.85. The maximum atomic E-state index is 12.3. The molecule has 0 saturated carbocycles. The highest BCUT2D eigenvalue weighted by molar-refractivity contribution is 6.30. The number of ketones is 1. The molecule has 2 N–H and O–H groups in total. The van der Waals surface area contributed by atoms with Crippen LogP contribution >= 0.6 is 11.6 Å². The number of nitrogens with one attached hydrogen (secondary N) is 2. The zero-order valence-corrected chi connectivity index (χ0v) is 14.6. The molecule has 0 aliphatic rings. The van der Waals surface area contributed by atoms with Crippen LogP contribution in [0, 0.1) is 0 Å². The highest BCUT2D eigenvalue weighted by Crippen LogP contribution is 2.17. The number of Topliss-reactive ketones (excluding diaryl/α,β-unsaturated/α-hetero) is 1. The van der Waals surface area contributed by atoms with E-state index in [1.807, 2.05) is 0 Å². The minimum Gasteiger partial charge on any atom is -0.324 e. The number of benzene rings is 2. The van der Waals surface area contributed by atoms with E-state index in [0.29, 0.717) is 27.8 Å². The van der Waals surface area contributed by atoms with Gasteiger partial charge >= 0.3 is 0 Å². The molecule has 0 bridgehead atoms. The van der Waals surface area contributed by atoms with Gasteiger partial charge in [0.25, 0.3) is 5.91 Å². The van der Waals surface area contributed by atoms with Gasteiger partial charge in [-0.2, -0.15) is 0 Å². The van der Waals surface area contributed by atoms with Gasteiger partial charge in [-0.1, -0.05) is 23.7 Å². The van der Waals surface area contributed by atoms with Crippen LogP contribution in [0.5, 0.6) is 0 Å². The summed E-state index contributed by atoms with van der Waals surface area (Å²) in [6, 6.07) is 13.8. The van der Waals surface area contributed by atoms with E-state index in [1.54, 1.807) is 48.5 Å². The summed E-state index contributed by atoms with van der Waals surface area (Å²) in [4.78, 5) is 32.0. The Kier molecular flexibility index (Phi) is 5.24. The average Bonchev–Trinajstić information content (AvgIpc) is 2.64. The van der Waals surface area contributed by atoms with Crippen LogP contribution < -0.4 is 10.6 Å². The van der Waals surface area contributed by atoms with E-state index in [4.69, 9.17) is 11.6 Å². The van der Waals surface area contributed by atoms with Crippen molar-refractivity contribution in [3.8, 4) is 0 Å². The molecule has 7 heteroatoms. The second-order valence-electron chi connectivity index (χ2n) is 5.52. The first-order valence-corrected chi connectivity index (χ1v) is 8.16. The van der Waals surface area contributed by atoms with E-state index >= 15 is 0 Å². The molecule has 0 saturated heterocycles. The van der Waals surface area contributed by atoms with Crippen LogP contribution in [-0.2, 0) is 0 Å². The first-order valence-electron chi connectivity index (χ1n) is 7.78. The Hall–Kier alpha value is -3.25. The van der Waals surface area contributed by atoms with E-state index in [9.17, 15) is 9.59 Å². The highest BCUT2D eigenvalue weighted by atomic mass is 35.5. The molecule has 2 aromatic carbocycles. The number of aromatic nitrogens is 2. The van der Waals surface area contributed by atoms with E-state index < -0.39 is 0 Å². The Morgan fingerprint density at radius 3 is 2.27 bits per heavy atom. The molecule has 0 aliphatic carbocycles. The summed E-state index contributed by atoms with van der Waals surface area (Å²) in [7, 11) is 0. The molecule has 1 amide bonds. The summed E-state index contributed by atoms with van der Waals surface area (Å²) >= 11 is 5.84. The maximum absolute atomic E-state index is 12.3. The molecule has 0 atom stereocenters. The number of rotatable bonds is 5. The van der Waals surface area contributed by atoms with Crippen LogP contribution in [0.25, 0.3) is 0 Å². The van der Waals surface area contributed by atoms with Gasteiger partial charge in [0.1, 0.15) is 0 Å². The van der Waals surface area contributed by atoms with Gasteiger partial charge in [-0.3, -0.25) is 9.59 Å². The SMILES string of the molecule is CC(=O)c1cccc(NC(=O)c2cnc(Nc3ccc(Cl)cc3)nc2)c1. The zero-order valence-electron chi connectivity index (χ0n) is 13.9. The number of carbonyl (C=O) groups is 2. The van der Waals surface area contributed by atoms with Gasteiger partial charge in [-0.25, -0.2) is 9.97 Å². The number of anilines is 3.